The summed E-state index contributed by atoms with van der Waals surface area (Å²) >= 11 is 5.32. The smallest absolute Gasteiger partial charge is 0.191 e. The molecule has 0 bridgehead atoms. The van der Waals surface area contributed by atoms with Gasteiger partial charge in [0, 0.05) is 11.3 Å². The molecule has 0 unspecified atom stereocenters. The van der Waals surface area contributed by atoms with Crippen molar-refractivity contribution in [2.45, 2.75) is 20.8 Å². The van der Waals surface area contributed by atoms with Gasteiger partial charge in [-0.3, -0.25) is 5.43 Å². The van der Waals surface area contributed by atoms with E-state index >= 15 is 0 Å². The number of benzene rings is 2. The topological polar surface area (TPSA) is 45.6 Å². The van der Waals surface area contributed by atoms with Crippen molar-refractivity contribution in [2.24, 2.45) is 5.10 Å². The van der Waals surface area contributed by atoms with Crippen LogP contribution in [0.2, 0.25) is 0 Å². The normalized spacial score (nSPS) is 11.0. The van der Waals surface area contributed by atoms with Crippen molar-refractivity contribution < 1.29 is 4.74 Å². The summed E-state index contributed by atoms with van der Waals surface area (Å²) in [7, 11) is 1.65. The van der Waals surface area contributed by atoms with Gasteiger partial charge in [-0.2, -0.15) is 5.10 Å². The standard InChI is InChI=1S/C18H21N3OS/c1-12-7-5-8-13(2)17(12)19-18(23)21-20-14(3)15-9-6-10-16(11-15)22-4/h5-11H,1-4H3,(H2,19,21,23). The zero-order valence-electron chi connectivity index (χ0n) is 13.8. The molecule has 0 aliphatic rings. The largest absolute Gasteiger partial charge is 0.497 e. The Kier molecular flexibility index (Phi) is 5.71. The molecule has 5 heteroatoms. The summed E-state index contributed by atoms with van der Waals surface area (Å²) in [6, 6.07) is 13.9. The number of ether oxygens (including phenoxy) is 1. The van der Waals surface area contributed by atoms with E-state index < -0.39 is 0 Å². The molecule has 2 rings (SSSR count). The summed E-state index contributed by atoms with van der Waals surface area (Å²) in [4.78, 5) is 0. The van der Waals surface area contributed by atoms with Crippen molar-refractivity contribution in [1.82, 2.24) is 5.43 Å². The van der Waals surface area contributed by atoms with Crippen LogP contribution in [0.3, 0.4) is 0 Å². The van der Waals surface area contributed by atoms with Crippen LogP contribution in [0.15, 0.2) is 47.6 Å². The number of hydrogen-bond donors (Lipinski definition) is 2. The van der Waals surface area contributed by atoms with Gasteiger partial charge in [0.2, 0.25) is 0 Å². The van der Waals surface area contributed by atoms with E-state index in [9.17, 15) is 0 Å². The van der Waals surface area contributed by atoms with Gasteiger partial charge in [0.1, 0.15) is 5.75 Å². The van der Waals surface area contributed by atoms with E-state index in [4.69, 9.17) is 17.0 Å². The van der Waals surface area contributed by atoms with Gasteiger partial charge in [-0.1, -0.05) is 30.3 Å². The van der Waals surface area contributed by atoms with Gasteiger partial charge in [-0.05, 0) is 56.2 Å². The summed E-state index contributed by atoms with van der Waals surface area (Å²) in [5.74, 6) is 0.799. The highest BCUT2D eigenvalue weighted by atomic mass is 32.1. The minimum absolute atomic E-state index is 0.463. The molecule has 0 radical (unpaired) electrons. The molecule has 0 aliphatic heterocycles. The Morgan fingerprint density at radius 1 is 1.09 bits per heavy atom. The van der Waals surface area contributed by atoms with Gasteiger partial charge in [0.05, 0.1) is 12.8 Å². The average molecular weight is 327 g/mol. The molecule has 4 nitrogen and oxygen atoms in total. The number of methoxy groups -OCH3 is 1. The molecule has 2 aromatic rings. The second-order valence-electron chi connectivity index (χ2n) is 5.26. The fourth-order valence-electron chi connectivity index (χ4n) is 2.20. The van der Waals surface area contributed by atoms with Crippen LogP contribution in [0.1, 0.15) is 23.6 Å². The number of para-hydroxylation sites is 1. The van der Waals surface area contributed by atoms with E-state index in [1.165, 1.54) is 0 Å². The molecule has 0 fully saturated rings. The molecule has 0 spiro atoms. The lowest BCUT2D eigenvalue weighted by Gasteiger charge is -2.13. The molecule has 2 N–H and O–H groups in total. The lowest BCUT2D eigenvalue weighted by atomic mass is 10.1. The second kappa shape index (κ2) is 7.74. The zero-order valence-corrected chi connectivity index (χ0v) is 14.6. The van der Waals surface area contributed by atoms with Crippen molar-refractivity contribution in [2.75, 3.05) is 12.4 Å². The molecule has 0 amide bonds. The molecule has 23 heavy (non-hydrogen) atoms. The fourth-order valence-corrected chi connectivity index (χ4v) is 2.35. The van der Waals surface area contributed by atoms with Gasteiger partial charge in [0.15, 0.2) is 5.11 Å². The average Bonchev–Trinajstić information content (AvgIpc) is 2.56. The zero-order chi connectivity index (χ0) is 16.8. The highest BCUT2D eigenvalue weighted by molar-refractivity contribution is 7.80. The summed E-state index contributed by atoms with van der Waals surface area (Å²) < 4.78 is 5.22. The monoisotopic (exact) mass is 327 g/mol. The van der Waals surface area contributed by atoms with E-state index in [0.29, 0.717) is 5.11 Å². The predicted molar refractivity (Wildman–Crippen MR) is 100 cm³/mol. The third-order valence-corrected chi connectivity index (χ3v) is 3.73. The molecule has 0 aromatic heterocycles. The lowest BCUT2D eigenvalue weighted by Crippen LogP contribution is -2.25. The first kappa shape index (κ1) is 17.0. The summed E-state index contributed by atoms with van der Waals surface area (Å²) in [6.07, 6.45) is 0. The first-order chi connectivity index (χ1) is 11.0. The predicted octanol–water partition coefficient (Wildman–Crippen LogP) is 4.02. The van der Waals surface area contributed by atoms with E-state index in [-0.39, 0.29) is 0 Å². The number of anilines is 1. The van der Waals surface area contributed by atoms with Crippen molar-refractivity contribution in [3.05, 3.63) is 59.2 Å². The Bertz CT molecular complexity index is 721. The van der Waals surface area contributed by atoms with Gasteiger partial charge < -0.3 is 10.1 Å². The number of rotatable bonds is 4. The molecule has 0 aliphatic carbocycles. The second-order valence-corrected chi connectivity index (χ2v) is 5.67. The minimum atomic E-state index is 0.463. The number of hydrazone groups is 1. The maximum Gasteiger partial charge on any atom is 0.191 e. The van der Waals surface area contributed by atoms with Crippen LogP contribution in [-0.4, -0.2) is 17.9 Å². The summed E-state index contributed by atoms with van der Waals surface area (Å²) in [6.45, 7) is 6.01. The summed E-state index contributed by atoms with van der Waals surface area (Å²) in [5, 5.41) is 7.99. The maximum atomic E-state index is 5.32. The van der Waals surface area contributed by atoms with Crippen LogP contribution in [0.4, 0.5) is 5.69 Å². The molecular formula is C18H21N3OS. The highest BCUT2D eigenvalue weighted by Gasteiger charge is 2.04. The van der Waals surface area contributed by atoms with Crippen molar-refractivity contribution in [3.8, 4) is 5.75 Å². The van der Waals surface area contributed by atoms with Crippen molar-refractivity contribution in [1.29, 1.82) is 0 Å². The van der Waals surface area contributed by atoms with E-state index in [1.54, 1.807) is 7.11 Å². The van der Waals surface area contributed by atoms with E-state index in [1.807, 2.05) is 63.2 Å². The molecule has 120 valence electrons. The molecule has 0 heterocycles. The number of nitrogens with zero attached hydrogens (tertiary/aromatic N) is 1. The lowest BCUT2D eigenvalue weighted by molar-refractivity contribution is 0.414. The fraction of sp³-hybridized carbons (Fsp3) is 0.222. The van der Waals surface area contributed by atoms with Crippen molar-refractivity contribution in [3.63, 3.8) is 0 Å². The number of thiocarbonyl (C=S) groups is 1. The van der Waals surface area contributed by atoms with E-state index in [2.05, 4.69) is 15.8 Å². The van der Waals surface area contributed by atoms with Crippen LogP contribution >= 0.6 is 12.2 Å². The van der Waals surface area contributed by atoms with Crippen LogP contribution in [0.5, 0.6) is 5.75 Å². The quantitative estimate of drug-likeness (QED) is 0.506. The first-order valence-corrected chi connectivity index (χ1v) is 7.74. The first-order valence-electron chi connectivity index (χ1n) is 7.33. The van der Waals surface area contributed by atoms with Crippen LogP contribution in [0, 0.1) is 13.8 Å². The Hall–Kier alpha value is -2.40. The Balaban J connectivity index is 2.05. The van der Waals surface area contributed by atoms with Crippen LogP contribution in [-0.2, 0) is 0 Å². The Morgan fingerprint density at radius 2 is 1.74 bits per heavy atom. The molecule has 2 aromatic carbocycles. The Morgan fingerprint density at radius 3 is 2.39 bits per heavy atom. The number of aryl methyl sites for hydroxylation is 2. The molecule has 0 saturated heterocycles. The Labute approximate surface area is 142 Å². The molecular weight excluding hydrogens is 306 g/mol. The molecule has 0 atom stereocenters. The third kappa shape index (κ3) is 4.53. The summed E-state index contributed by atoms with van der Waals surface area (Å²) in [5.41, 5.74) is 7.99. The van der Waals surface area contributed by atoms with Crippen LogP contribution in [0.25, 0.3) is 0 Å². The van der Waals surface area contributed by atoms with Crippen LogP contribution < -0.4 is 15.5 Å². The van der Waals surface area contributed by atoms with Gasteiger partial charge in [-0.15, -0.1) is 0 Å². The van der Waals surface area contributed by atoms with Crippen molar-refractivity contribution >= 4 is 28.7 Å². The maximum absolute atomic E-state index is 5.32. The minimum Gasteiger partial charge on any atom is -0.497 e. The highest BCUT2D eigenvalue weighted by Crippen LogP contribution is 2.19. The third-order valence-electron chi connectivity index (χ3n) is 3.53. The van der Waals surface area contributed by atoms with E-state index in [0.717, 1.165) is 33.8 Å². The number of nitrogens with one attached hydrogen (secondary N) is 2. The number of hydrogen-bond acceptors (Lipinski definition) is 3. The van der Waals surface area contributed by atoms with Gasteiger partial charge in [-0.25, -0.2) is 0 Å². The van der Waals surface area contributed by atoms with Gasteiger partial charge in [0.25, 0.3) is 0 Å². The SMILES string of the molecule is COc1cccc(C(C)=NNC(=S)Nc2c(C)cccc2C)c1. The molecule has 0 saturated carbocycles. The van der Waals surface area contributed by atoms with Gasteiger partial charge >= 0.3 is 0 Å².